The molecule has 6 nitrogen and oxygen atoms in total. The standard InChI is InChI=1S/C15H17N3O3S2/c1-10-14(22-9-16-10)15(19)18-12-4-6-13(7-5-12)23(20,21)17-8-11-2-3-11/h4-7,9,11,17H,2-3,8H2,1H3,(H,18,19). The number of anilines is 1. The molecule has 2 N–H and O–H groups in total. The van der Waals surface area contributed by atoms with Crippen LogP contribution in [-0.2, 0) is 10.0 Å². The number of carbonyl (C=O) groups is 1. The van der Waals surface area contributed by atoms with Crippen LogP contribution in [0.3, 0.4) is 0 Å². The summed E-state index contributed by atoms with van der Waals surface area (Å²) < 4.78 is 26.9. The van der Waals surface area contributed by atoms with Gasteiger partial charge >= 0.3 is 0 Å². The molecule has 0 spiro atoms. The average Bonchev–Trinajstić information content (AvgIpc) is 3.26. The first-order valence-corrected chi connectivity index (χ1v) is 9.63. The highest BCUT2D eigenvalue weighted by molar-refractivity contribution is 7.89. The lowest BCUT2D eigenvalue weighted by Gasteiger charge is -2.08. The zero-order valence-electron chi connectivity index (χ0n) is 12.6. The molecule has 0 saturated heterocycles. The van der Waals surface area contributed by atoms with Gasteiger partial charge in [-0.25, -0.2) is 18.1 Å². The minimum absolute atomic E-state index is 0.199. The number of hydrogen-bond acceptors (Lipinski definition) is 5. The molecule has 1 saturated carbocycles. The van der Waals surface area contributed by atoms with Crippen LogP contribution in [0.5, 0.6) is 0 Å². The van der Waals surface area contributed by atoms with Gasteiger partial charge in [-0.1, -0.05) is 0 Å². The molecule has 1 aromatic carbocycles. The van der Waals surface area contributed by atoms with Crippen LogP contribution in [0.4, 0.5) is 5.69 Å². The Bertz CT molecular complexity index is 809. The maximum Gasteiger partial charge on any atom is 0.267 e. The molecular weight excluding hydrogens is 334 g/mol. The van der Waals surface area contributed by atoms with E-state index in [1.54, 1.807) is 24.6 Å². The second-order valence-corrected chi connectivity index (χ2v) is 8.16. The number of nitrogens with zero attached hydrogens (tertiary/aromatic N) is 1. The molecule has 0 bridgehead atoms. The van der Waals surface area contributed by atoms with Gasteiger partial charge in [-0.2, -0.15) is 0 Å². The Kier molecular flexibility index (Phi) is 4.47. The molecule has 1 fully saturated rings. The highest BCUT2D eigenvalue weighted by Crippen LogP contribution is 2.28. The molecule has 1 heterocycles. The average molecular weight is 351 g/mol. The van der Waals surface area contributed by atoms with Crippen molar-refractivity contribution in [1.29, 1.82) is 0 Å². The van der Waals surface area contributed by atoms with E-state index in [4.69, 9.17) is 0 Å². The molecule has 1 amide bonds. The number of aryl methyl sites for hydroxylation is 1. The highest BCUT2D eigenvalue weighted by atomic mass is 32.2. The van der Waals surface area contributed by atoms with Crippen LogP contribution < -0.4 is 10.0 Å². The molecule has 3 rings (SSSR count). The predicted molar refractivity (Wildman–Crippen MR) is 89.2 cm³/mol. The fourth-order valence-corrected chi connectivity index (χ4v) is 3.87. The summed E-state index contributed by atoms with van der Waals surface area (Å²) in [7, 11) is -3.48. The maximum atomic E-state index is 12.1. The largest absolute Gasteiger partial charge is 0.321 e. The zero-order chi connectivity index (χ0) is 16.4. The predicted octanol–water partition coefficient (Wildman–Crippen LogP) is 2.39. The van der Waals surface area contributed by atoms with Gasteiger partial charge in [0.25, 0.3) is 5.91 Å². The number of sulfonamides is 1. The molecule has 8 heteroatoms. The molecule has 1 aliphatic carbocycles. The van der Waals surface area contributed by atoms with Gasteiger partial charge in [0.2, 0.25) is 10.0 Å². The van der Waals surface area contributed by atoms with E-state index in [0.29, 0.717) is 28.7 Å². The molecule has 23 heavy (non-hydrogen) atoms. The number of nitrogens with one attached hydrogen (secondary N) is 2. The SMILES string of the molecule is Cc1ncsc1C(=O)Nc1ccc(S(=O)(=O)NCC2CC2)cc1. The number of hydrogen-bond donors (Lipinski definition) is 2. The van der Waals surface area contributed by atoms with Gasteiger partial charge < -0.3 is 5.32 Å². The second-order valence-electron chi connectivity index (χ2n) is 5.54. The fourth-order valence-electron chi connectivity index (χ4n) is 2.06. The molecule has 1 aromatic heterocycles. The maximum absolute atomic E-state index is 12.1. The molecule has 0 aliphatic heterocycles. The number of thiazole rings is 1. The first-order chi connectivity index (χ1) is 11.0. The number of rotatable bonds is 6. The third kappa shape index (κ3) is 3.95. The zero-order valence-corrected chi connectivity index (χ0v) is 14.2. The van der Waals surface area contributed by atoms with Crippen LogP contribution in [0.15, 0.2) is 34.7 Å². The summed E-state index contributed by atoms with van der Waals surface area (Å²) in [5.74, 6) is 0.235. The Hall–Kier alpha value is -1.77. The van der Waals surface area contributed by atoms with Gasteiger partial charge in [-0.3, -0.25) is 4.79 Å². The van der Waals surface area contributed by atoms with Crippen LogP contribution >= 0.6 is 11.3 Å². The fraction of sp³-hybridized carbons (Fsp3) is 0.333. The van der Waals surface area contributed by atoms with Crippen molar-refractivity contribution in [3.8, 4) is 0 Å². The van der Waals surface area contributed by atoms with Gasteiger partial charge in [0.15, 0.2) is 0 Å². The Labute approximate surface area is 139 Å². The molecule has 122 valence electrons. The third-order valence-electron chi connectivity index (χ3n) is 3.63. The lowest BCUT2D eigenvalue weighted by atomic mass is 10.3. The van der Waals surface area contributed by atoms with E-state index in [9.17, 15) is 13.2 Å². The van der Waals surface area contributed by atoms with Crippen molar-refractivity contribution < 1.29 is 13.2 Å². The summed E-state index contributed by atoms with van der Waals surface area (Å²) in [6, 6.07) is 6.15. The van der Waals surface area contributed by atoms with Crippen molar-refractivity contribution in [1.82, 2.24) is 9.71 Å². The molecule has 1 aliphatic rings. The number of carbonyl (C=O) groups excluding carboxylic acids is 1. The van der Waals surface area contributed by atoms with E-state index in [1.165, 1.54) is 23.5 Å². The summed E-state index contributed by atoms with van der Waals surface area (Å²) >= 11 is 1.27. The first kappa shape index (κ1) is 16.1. The lowest BCUT2D eigenvalue weighted by molar-refractivity contribution is 0.103. The van der Waals surface area contributed by atoms with E-state index in [0.717, 1.165) is 12.8 Å². The first-order valence-electron chi connectivity index (χ1n) is 7.27. The van der Waals surface area contributed by atoms with Crippen LogP contribution in [0.1, 0.15) is 28.2 Å². The van der Waals surface area contributed by atoms with Crippen LogP contribution in [0.2, 0.25) is 0 Å². The topological polar surface area (TPSA) is 88.2 Å². The van der Waals surface area contributed by atoms with Crippen molar-refractivity contribution >= 4 is 33.0 Å². The van der Waals surface area contributed by atoms with Gasteiger partial charge in [-0.15, -0.1) is 11.3 Å². The van der Waals surface area contributed by atoms with E-state index in [2.05, 4.69) is 15.0 Å². The Morgan fingerprint density at radius 1 is 1.30 bits per heavy atom. The Morgan fingerprint density at radius 3 is 2.57 bits per heavy atom. The molecule has 0 radical (unpaired) electrons. The van der Waals surface area contributed by atoms with E-state index >= 15 is 0 Å². The van der Waals surface area contributed by atoms with Crippen molar-refractivity contribution in [2.24, 2.45) is 5.92 Å². The van der Waals surface area contributed by atoms with E-state index < -0.39 is 10.0 Å². The van der Waals surface area contributed by atoms with Crippen LogP contribution in [0.25, 0.3) is 0 Å². The van der Waals surface area contributed by atoms with Gasteiger partial charge in [-0.05, 0) is 49.9 Å². The third-order valence-corrected chi connectivity index (χ3v) is 6.00. The van der Waals surface area contributed by atoms with E-state index in [-0.39, 0.29) is 10.8 Å². The number of aromatic nitrogens is 1. The molecule has 0 unspecified atom stereocenters. The Morgan fingerprint density at radius 2 is 2.00 bits per heavy atom. The second kappa shape index (κ2) is 6.38. The van der Waals surface area contributed by atoms with E-state index in [1.807, 2.05) is 0 Å². The molecule has 2 aromatic rings. The molecule has 0 atom stereocenters. The van der Waals surface area contributed by atoms with Gasteiger partial charge in [0.1, 0.15) is 4.88 Å². The van der Waals surface area contributed by atoms with Crippen LogP contribution in [0, 0.1) is 12.8 Å². The van der Waals surface area contributed by atoms with Crippen LogP contribution in [-0.4, -0.2) is 25.9 Å². The van der Waals surface area contributed by atoms with Crippen molar-refractivity contribution in [2.45, 2.75) is 24.7 Å². The minimum Gasteiger partial charge on any atom is -0.321 e. The summed E-state index contributed by atoms with van der Waals surface area (Å²) in [5, 5.41) is 2.74. The van der Waals surface area contributed by atoms with Gasteiger partial charge in [0.05, 0.1) is 16.1 Å². The summed E-state index contributed by atoms with van der Waals surface area (Å²) in [6.45, 7) is 2.26. The lowest BCUT2D eigenvalue weighted by Crippen LogP contribution is -2.25. The quantitative estimate of drug-likeness (QED) is 0.836. The monoisotopic (exact) mass is 351 g/mol. The minimum atomic E-state index is -3.48. The summed E-state index contributed by atoms with van der Waals surface area (Å²) in [5.41, 5.74) is 2.84. The van der Waals surface area contributed by atoms with Crippen molar-refractivity contribution in [3.05, 3.63) is 40.3 Å². The Balaban J connectivity index is 1.66. The summed E-state index contributed by atoms with van der Waals surface area (Å²) in [4.78, 5) is 16.9. The number of amides is 1. The summed E-state index contributed by atoms with van der Waals surface area (Å²) in [6.07, 6.45) is 2.18. The van der Waals surface area contributed by atoms with Crippen molar-refractivity contribution in [3.63, 3.8) is 0 Å². The smallest absolute Gasteiger partial charge is 0.267 e. The normalized spacial score (nSPS) is 14.7. The van der Waals surface area contributed by atoms with Gasteiger partial charge in [0, 0.05) is 12.2 Å². The van der Waals surface area contributed by atoms with Crippen molar-refractivity contribution in [2.75, 3.05) is 11.9 Å². The molecular formula is C15H17N3O3S2. The highest BCUT2D eigenvalue weighted by Gasteiger charge is 2.24. The number of benzene rings is 1.